The molecule has 2 heterocycles. The summed E-state index contributed by atoms with van der Waals surface area (Å²) in [5, 5.41) is -0.00778. The Morgan fingerprint density at radius 3 is 1.74 bits per heavy atom. The number of halogens is 1. The number of carbonyl (C=O) groups is 1. The predicted molar refractivity (Wildman–Crippen MR) is 193 cm³/mol. The topological polar surface area (TPSA) is 72.5 Å². The molecule has 252 valence electrons. The third-order valence-electron chi connectivity index (χ3n) is 10.7. The van der Waals surface area contributed by atoms with Crippen LogP contribution in [0.3, 0.4) is 0 Å². The van der Waals surface area contributed by atoms with Gasteiger partial charge in [-0.3, -0.25) is 4.79 Å². The number of carbonyl (C=O) groups excluding carboxylic acids is 1. The average molecular weight is 771 g/mol. The molecule has 2 rings (SSSR count). The van der Waals surface area contributed by atoms with Crippen LogP contribution in [-0.4, -0.2) is 80.8 Å². The summed E-state index contributed by atoms with van der Waals surface area (Å²) in [6.45, 7) is 34.1. The smallest absolute Gasteiger partial charge is 0.308 e. The predicted octanol–water partition coefficient (Wildman–Crippen LogP) is 8.98. The van der Waals surface area contributed by atoms with Gasteiger partial charge in [-0.25, -0.2) is 0 Å². The third-order valence-corrected chi connectivity index (χ3v) is 24.5. The zero-order valence-electron chi connectivity index (χ0n) is 30.1. The summed E-state index contributed by atoms with van der Waals surface area (Å²) in [5.74, 6) is -0.260. The highest BCUT2D eigenvalue weighted by molar-refractivity contribution is 14.1. The molecule has 0 aromatic heterocycles. The minimum absolute atomic E-state index is 0.0168. The van der Waals surface area contributed by atoms with Crippen molar-refractivity contribution >= 4 is 53.5 Å². The molecule has 0 amide bonds. The van der Waals surface area contributed by atoms with E-state index < -0.39 is 31.1 Å². The largest absolute Gasteiger partial charge is 0.469 e. The summed E-state index contributed by atoms with van der Waals surface area (Å²) >= 11 is 2.29. The highest BCUT2D eigenvalue weighted by Gasteiger charge is 2.57. The van der Waals surface area contributed by atoms with E-state index in [1.165, 1.54) is 7.11 Å². The van der Waals surface area contributed by atoms with Gasteiger partial charge in [-0.2, -0.15) is 0 Å². The van der Waals surface area contributed by atoms with E-state index in [2.05, 4.69) is 130 Å². The summed E-state index contributed by atoms with van der Waals surface area (Å²) in [5.41, 5.74) is 0. The second-order valence-corrected chi connectivity index (χ2v) is 32.1. The van der Waals surface area contributed by atoms with Crippen LogP contribution in [0.25, 0.3) is 0 Å². The molecular formula is C32H63IO7Si3. The molecule has 2 aliphatic heterocycles. The van der Waals surface area contributed by atoms with Gasteiger partial charge in [0.15, 0.2) is 25.0 Å². The molecule has 0 aromatic carbocycles. The molecule has 0 aliphatic carbocycles. The maximum atomic E-state index is 12.3. The van der Waals surface area contributed by atoms with Crippen LogP contribution in [0.2, 0.25) is 54.4 Å². The lowest BCUT2D eigenvalue weighted by Crippen LogP contribution is -2.69. The fourth-order valence-corrected chi connectivity index (χ4v) is 9.03. The van der Waals surface area contributed by atoms with Gasteiger partial charge in [-0.05, 0) is 77.4 Å². The molecule has 0 aromatic rings. The van der Waals surface area contributed by atoms with Crippen molar-refractivity contribution < 1.29 is 32.3 Å². The Kier molecular flexibility index (Phi) is 13.1. The molecular weight excluding hydrogens is 708 g/mol. The van der Waals surface area contributed by atoms with Crippen molar-refractivity contribution in [2.75, 3.05) is 7.11 Å². The molecule has 7 nitrogen and oxygen atoms in total. The van der Waals surface area contributed by atoms with Crippen LogP contribution in [0.4, 0.5) is 0 Å². The Morgan fingerprint density at radius 1 is 0.814 bits per heavy atom. The van der Waals surface area contributed by atoms with Gasteiger partial charge in [0.1, 0.15) is 24.4 Å². The standard InChI is InChI=1S/C32H63IO7Si3/c1-30(2,3)41(11,12)38-24(19-20-33)27-29(40-43(15,16)32(7,8)9)28(39-42(13,14)31(4,5)6)26-23(37-27)18-17-22(36-26)21-25(34)35-10/h19-20,22-24,26-29H,17-18,21H2,1-16H3/b20-19+/t22?,23-,24?,26-,27-,28?,29?/m0/s1. The molecule has 2 saturated heterocycles. The molecule has 0 bridgehead atoms. The Hall–Kier alpha value is 0.391. The number of esters is 1. The number of hydrogen-bond acceptors (Lipinski definition) is 7. The van der Waals surface area contributed by atoms with Gasteiger partial charge in [0.2, 0.25) is 0 Å². The molecule has 0 spiro atoms. The Morgan fingerprint density at radius 2 is 1.30 bits per heavy atom. The normalized spacial score (nSPS) is 29.0. The quantitative estimate of drug-likeness (QED) is 0.125. The van der Waals surface area contributed by atoms with E-state index in [4.69, 9.17) is 27.5 Å². The first-order valence-electron chi connectivity index (χ1n) is 16.0. The van der Waals surface area contributed by atoms with Gasteiger partial charge in [0.05, 0.1) is 31.8 Å². The van der Waals surface area contributed by atoms with E-state index in [-0.39, 0.29) is 64.1 Å². The molecule has 0 N–H and O–H groups in total. The number of rotatable bonds is 10. The Bertz CT molecular complexity index is 965. The molecule has 11 heteroatoms. The SMILES string of the molecule is COC(=O)CC1CC[C@@H]2O[C@@H](C(/C=C/I)O[Si](C)(C)C(C)(C)C)C(O[Si](C)(C)C(C)(C)C)C(O[Si](C)(C)C(C)(C)C)[C@H]2O1. The van der Waals surface area contributed by atoms with Crippen molar-refractivity contribution in [1.29, 1.82) is 0 Å². The van der Waals surface area contributed by atoms with Gasteiger partial charge in [0.25, 0.3) is 0 Å². The van der Waals surface area contributed by atoms with Crippen molar-refractivity contribution in [1.82, 2.24) is 0 Å². The first kappa shape index (κ1) is 39.6. The molecule has 4 unspecified atom stereocenters. The maximum absolute atomic E-state index is 12.3. The Labute approximate surface area is 280 Å². The summed E-state index contributed by atoms with van der Waals surface area (Å²) in [4.78, 5) is 12.3. The van der Waals surface area contributed by atoms with Crippen LogP contribution in [0.5, 0.6) is 0 Å². The van der Waals surface area contributed by atoms with Gasteiger partial charge >= 0.3 is 5.97 Å². The van der Waals surface area contributed by atoms with E-state index >= 15 is 0 Å². The Balaban J connectivity index is 2.73. The first-order valence-corrected chi connectivity index (χ1v) is 25.9. The summed E-state index contributed by atoms with van der Waals surface area (Å²) in [6, 6.07) is 0. The zero-order chi connectivity index (χ0) is 33.4. The molecule has 2 fully saturated rings. The third kappa shape index (κ3) is 9.71. The molecule has 2 aliphatic rings. The van der Waals surface area contributed by atoms with Gasteiger partial charge < -0.3 is 27.5 Å². The van der Waals surface area contributed by atoms with E-state index in [0.29, 0.717) is 0 Å². The van der Waals surface area contributed by atoms with Gasteiger partial charge in [-0.15, -0.1) is 0 Å². The van der Waals surface area contributed by atoms with Crippen LogP contribution < -0.4 is 0 Å². The lowest BCUT2D eigenvalue weighted by atomic mass is 9.87. The molecule has 43 heavy (non-hydrogen) atoms. The fourth-order valence-electron chi connectivity index (χ4n) is 4.77. The lowest BCUT2D eigenvalue weighted by Gasteiger charge is -2.56. The van der Waals surface area contributed by atoms with Crippen LogP contribution in [0, 0.1) is 0 Å². The lowest BCUT2D eigenvalue weighted by molar-refractivity contribution is -0.266. The van der Waals surface area contributed by atoms with Crippen LogP contribution in [-0.2, 0) is 32.3 Å². The van der Waals surface area contributed by atoms with Gasteiger partial charge in [0, 0.05) is 0 Å². The van der Waals surface area contributed by atoms with Gasteiger partial charge in [-0.1, -0.05) is 84.9 Å². The number of methoxy groups -OCH3 is 1. The summed E-state index contributed by atoms with van der Waals surface area (Å²) < 4.78 is 42.8. The molecule has 0 saturated carbocycles. The van der Waals surface area contributed by atoms with Crippen LogP contribution in [0.15, 0.2) is 10.2 Å². The highest BCUT2D eigenvalue weighted by Crippen LogP contribution is 2.47. The van der Waals surface area contributed by atoms with Crippen molar-refractivity contribution in [2.45, 2.75) is 179 Å². The second-order valence-electron chi connectivity index (χ2n) is 17.1. The van der Waals surface area contributed by atoms with Crippen molar-refractivity contribution in [3.8, 4) is 0 Å². The van der Waals surface area contributed by atoms with E-state index in [9.17, 15) is 4.79 Å². The highest BCUT2D eigenvalue weighted by atomic mass is 127. The van der Waals surface area contributed by atoms with E-state index in [0.717, 1.165) is 12.8 Å². The van der Waals surface area contributed by atoms with E-state index in [1.54, 1.807) is 0 Å². The minimum Gasteiger partial charge on any atom is -0.469 e. The van der Waals surface area contributed by atoms with Crippen molar-refractivity contribution in [3.63, 3.8) is 0 Å². The molecule has 7 atom stereocenters. The van der Waals surface area contributed by atoms with Crippen molar-refractivity contribution in [2.24, 2.45) is 0 Å². The number of hydrogen-bond donors (Lipinski definition) is 0. The van der Waals surface area contributed by atoms with E-state index in [1.807, 2.05) is 4.08 Å². The zero-order valence-corrected chi connectivity index (χ0v) is 35.2. The maximum Gasteiger partial charge on any atom is 0.308 e. The van der Waals surface area contributed by atoms with Crippen molar-refractivity contribution in [3.05, 3.63) is 10.2 Å². The average Bonchev–Trinajstić information content (AvgIpc) is 2.82. The number of fused-ring (bicyclic) bond motifs is 1. The monoisotopic (exact) mass is 770 g/mol. The fraction of sp³-hybridized carbons (Fsp3) is 0.906. The summed E-state index contributed by atoms with van der Waals surface area (Å²) in [6.07, 6.45) is 1.61. The minimum atomic E-state index is -2.31. The second kappa shape index (κ2) is 14.2. The molecule has 0 radical (unpaired) electrons. The van der Waals surface area contributed by atoms with Crippen LogP contribution in [0.1, 0.15) is 81.6 Å². The number of ether oxygens (including phenoxy) is 3. The summed E-state index contributed by atoms with van der Waals surface area (Å²) in [7, 11) is -5.36. The van der Waals surface area contributed by atoms with Crippen LogP contribution >= 0.6 is 22.6 Å². The first-order chi connectivity index (χ1) is 19.3.